The topological polar surface area (TPSA) is 56.2 Å². The predicted molar refractivity (Wildman–Crippen MR) is 152 cm³/mol. The lowest BCUT2D eigenvalue weighted by Gasteiger charge is -2.35. The molecule has 4 nitrogen and oxygen atoms in total. The summed E-state index contributed by atoms with van der Waals surface area (Å²) in [5.41, 5.74) is -0.324. The van der Waals surface area contributed by atoms with Crippen molar-refractivity contribution in [3.63, 3.8) is 0 Å². The van der Waals surface area contributed by atoms with Gasteiger partial charge in [0.15, 0.2) is 0 Å². The zero-order valence-corrected chi connectivity index (χ0v) is 23.7. The third-order valence-electron chi connectivity index (χ3n) is 5.74. The Bertz CT molecular complexity index is 1110. The summed E-state index contributed by atoms with van der Waals surface area (Å²) in [6, 6.07) is 27.5. The van der Waals surface area contributed by atoms with Crippen LogP contribution in [0.3, 0.4) is 0 Å². The van der Waals surface area contributed by atoms with E-state index in [2.05, 4.69) is 6.92 Å². The van der Waals surface area contributed by atoms with Crippen LogP contribution in [0.1, 0.15) is 66.2 Å². The SMILES string of the molecule is CCCCCCCCS(=O)(=O)[OH+]S(c1ccccc1)(c1ccccc1)c1ccc(OC(C)(C)C)cc1. The Morgan fingerprint density at radius 3 is 1.64 bits per heavy atom. The Labute approximate surface area is 219 Å². The second kappa shape index (κ2) is 12.8. The van der Waals surface area contributed by atoms with Crippen molar-refractivity contribution in [1.82, 2.24) is 0 Å². The first kappa shape index (κ1) is 28.3. The van der Waals surface area contributed by atoms with Gasteiger partial charge in [-0.1, -0.05) is 75.4 Å². The van der Waals surface area contributed by atoms with Crippen LogP contribution in [0.4, 0.5) is 0 Å². The van der Waals surface area contributed by atoms with Gasteiger partial charge in [0, 0.05) is 0 Å². The van der Waals surface area contributed by atoms with Crippen molar-refractivity contribution in [2.45, 2.75) is 86.5 Å². The van der Waals surface area contributed by atoms with Gasteiger partial charge in [0.05, 0.1) is 25.0 Å². The Morgan fingerprint density at radius 1 is 0.667 bits per heavy atom. The van der Waals surface area contributed by atoms with E-state index in [1.807, 2.05) is 106 Å². The molecule has 0 saturated heterocycles. The van der Waals surface area contributed by atoms with E-state index >= 15 is 0 Å². The molecule has 3 rings (SSSR count). The van der Waals surface area contributed by atoms with E-state index in [0.717, 1.165) is 39.7 Å². The molecule has 36 heavy (non-hydrogen) atoms. The van der Waals surface area contributed by atoms with Gasteiger partial charge >= 0.3 is 10.1 Å². The van der Waals surface area contributed by atoms with Gasteiger partial charge in [-0.25, -0.2) is 0 Å². The molecule has 6 heteroatoms. The van der Waals surface area contributed by atoms with E-state index in [1.54, 1.807) is 0 Å². The number of rotatable bonds is 13. The molecule has 0 saturated carbocycles. The van der Waals surface area contributed by atoms with Crippen molar-refractivity contribution >= 4 is 20.4 Å². The van der Waals surface area contributed by atoms with Crippen molar-refractivity contribution in [2.75, 3.05) is 5.75 Å². The Morgan fingerprint density at radius 2 is 1.14 bits per heavy atom. The maximum atomic E-state index is 13.5. The van der Waals surface area contributed by atoms with E-state index in [0.29, 0.717) is 6.42 Å². The highest BCUT2D eigenvalue weighted by atomic mass is 32.3. The average molecular weight is 530 g/mol. The summed E-state index contributed by atoms with van der Waals surface area (Å²) in [6.07, 6.45) is 6.13. The minimum Gasteiger partial charge on any atom is -0.488 e. The molecule has 0 bridgehead atoms. The third-order valence-corrected chi connectivity index (χ3v) is 11.2. The molecule has 0 amide bonds. The highest BCUT2D eigenvalue weighted by molar-refractivity contribution is 8.32. The fourth-order valence-electron chi connectivity index (χ4n) is 4.10. The molecule has 0 fully saturated rings. The van der Waals surface area contributed by atoms with Crippen LogP contribution in [0.15, 0.2) is 99.6 Å². The van der Waals surface area contributed by atoms with Gasteiger partial charge in [0.1, 0.15) is 17.1 Å². The molecular formula is C30H41O4S2+. The van der Waals surface area contributed by atoms with E-state index in [-0.39, 0.29) is 11.4 Å². The molecule has 0 aliphatic carbocycles. The first-order valence-corrected chi connectivity index (χ1v) is 16.1. The summed E-state index contributed by atoms with van der Waals surface area (Å²) in [5.74, 6) is 0.814. The zero-order chi connectivity index (χ0) is 26.1. The molecule has 0 heterocycles. The van der Waals surface area contributed by atoms with Crippen molar-refractivity contribution in [3.8, 4) is 5.75 Å². The quantitative estimate of drug-likeness (QED) is 0.126. The molecule has 0 aliphatic heterocycles. The minimum absolute atomic E-state index is 0.0682. The van der Waals surface area contributed by atoms with Gasteiger partial charge < -0.3 is 4.74 Å². The van der Waals surface area contributed by atoms with Crippen LogP contribution in [0.2, 0.25) is 0 Å². The smallest absolute Gasteiger partial charge is 0.390 e. The first-order chi connectivity index (χ1) is 17.2. The van der Waals surface area contributed by atoms with Crippen molar-refractivity contribution in [1.29, 1.82) is 0 Å². The molecule has 196 valence electrons. The second-order valence-corrected chi connectivity index (χ2v) is 14.8. The maximum absolute atomic E-state index is 13.5. The summed E-state index contributed by atoms with van der Waals surface area (Å²) in [7, 11) is -6.11. The van der Waals surface area contributed by atoms with Gasteiger partial charge in [0.2, 0.25) is 0 Å². The fraction of sp³-hybridized carbons (Fsp3) is 0.400. The molecular weight excluding hydrogens is 488 g/mol. The van der Waals surface area contributed by atoms with Crippen LogP contribution in [-0.2, 0) is 10.1 Å². The first-order valence-electron chi connectivity index (χ1n) is 12.9. The molecule has 0 aromatic heterocycles. The van der Waals surface area contributed by atoms with Crippen molar-refractivity contribution < 1.29 is 16.8 Å². The molecule has 0 atom stereocenters. The molecule has 0 unspecified atom stereocenters. The molecule has 3 aromatic carbocycles. The van der Waals surface area contributed by atoms with Crippen LogP contribution in [-0.4, -0.2) is 23.4 Å². The summed E-state index contributed by atoms with van der Waals surface area (Å²) >= 11 is 0. The zero-order valence-electron chi connectivity index (χ0n) is 22.0. The average Bonchev–Trinajstić information content (AvgIpc) is 2.85. The molecule has 1 N–H and O–H groups in total. The minimum atomic E-state index is -3.68. The summed E-state index contributed by atoms with van der Waals surface area (Å²) < 4.78 is 37.9. The van der Waals surface area contributed by atoms with Gasteiger partial charge in [-0.2, -0.15) is 8.42 Å². The van der Waals surface area contributed by atoms with Crippen LogP contribution >= 0.6 is 10.3 Å². The maximum Gasteiger partial charge on any atom is 0.390 e. The number of hydrogen-bond donors (Lipinski definition) is 0. The molecule has 0 aliphatic rings. The third kappa shape index (κ3) is 7.86. The van der Waals surface area contributed by atoms with Crippen molar-refractivity contribution in [2.24, 2.45) is 0 Å². The standard InChI is InChI=1S/C30H40O4S2/c1-5-6-7-8-9-16-25-35(31,32)34-36(27-17-12-10-13-18-27,28-19-14-11-15-20-28)29-23-21-26(22-24-29)33-30(2,3)4/h10-15,17-24H,5-9,16,25H2,1-4H3/p+1. The van der Waals surface area contributed by atoms with Gasteiger partial charge in [-0.05, 0) is 75.7 Å². The van der Waals surface area contributed by atoms with Crippen LogP contribution in [0.25, 0.3) is 0 Å². The Kier molecular flexibility index (Phi) is 10.1. The molecule has 0 spiro atoms. The number of ether oxygens (including phenoxy) is 1. The number of hydrogen-bond acceptors (Lipinski definition) is 3. The van der Waals surface area contributed by atoms with Gasteiger partial charge in [-0.3, -0.25) is 3.63 Å². The number of unbranched alkanes of at least 4 members (excludes halogenated alkanes) is 5. The summed E-state index contributed by atoms with van der Waals surface area (Å²) in [4.78, 5) is 2.66. The summed E-state index contributed by atoms with van der Waals surface area (Å²) in [6.45, 7) is 8.21. The Hall–Kier alpha value is -2.28. The van der Waals surface area contributed by atoms with E-state index in [1.165, 1.54) is 12.8 Å². The van der Waals surface area contributed by atoms with E-state index in [9.17, 15) is 8.42 Å². The van der Waals surface area contributed by atoms with Gasteiger partial charge in [0.25, 0.3) is 0 Å². The predicted octanol–water partition coefficient (Wildman–Crippen LogP) is 8.84. The summed E-state index contributed by atoms with van der Waals surface area (Å²) in [5, 5.41) is 0. The molecule has 0 radical (unpaired) electrons. The number of benzene rings is 3. The lowest BCUT2D eigenvalue weighted by atomic mass is 10.1. The Balaban J connectivity index is 2.03. The molecule has 3 aromatic rings. The normalized spacial score (nSPS) is 12.9. The lowest BCUT2D eigenvalue weighted by molar-refractivity contribution is 0.131. The fourth-order valence-corrected chi connectivity index (χ4v) is 9.81. The van der Waals surface area contributed by atoms with E-state index < -0.39 is 20.4 Å². The highest BCUT2D eigenvalue weighted by Crippen LogP contribution is 2.68. The van der Waals surface area contributed by atoms with E-state index in [4.69, 9.17) is 8.37 Å². The second-order valence-electron chi connectivity index (χ2n) is 10.0. The monoisotopic (exact) mass is 529 g/mol. The van der Waals surface area contributed by atoms with Crippen LogP contribution < -0.4 is 4.74 Å². The van der Waals surface area contributed by atoms with Crippen LogP contribution in [0, 0.1) is 0 Å². The van der Waals surface area contributed by atoms with Crippen molar-refractivity contribution in [3.05, 3.63) is 84.9 Å². The van der Waals surface area contributed by atoms with Gasteiger partial charge in [-0.15, -0.1) is 0 Å². The lowest BCUT2D eigenvalue weighted by Crippen LogP contribution is -2.23. The largest absolute Gasteiger partial charge is 0.488 e. The van der Waals surface area contributed by atoms with Crippen LogP contribution in [0.5, 0.6) is 5.75 Å². The highest BCUT2D eigenvalue weighted by Gasteiger charge is 2.42.